The van der Waals surface area contributed by atoms with Crippen molar-refractivity contribution in [2.45, 2.75) is 57.7 Å². The van der Waals surface area contributed by atoms with Crippen molar-refractivity contribution in [3.05, 3.63) is 40.1 Å². The van der Waals surface area contributed by atoms with Gasteiger partial charge in [0.25, 0.3) is 5.56 Å². The molecule has 2 aliphatic rings. The number of carbonyl (C=O) groups excluding carboxylic acids is 2. The number of urea groups is 1. The number of hydrogen-bond acceptors (Lipinski definition) is 9. The minimum atomic E-state index is -4.97. The third-order valence-electron chi connectivity index (χ3n) is 7.82. The zero-order valence-corrected chi connectivity index (χ0v) is 28.1. The molecule has 13 nitrogen and oxygen atoms in total. The molecule has 1 unspecified atom stereocenters. The molecule has 4 heterocycles. The van der Waals surface area contributed by atoms with E-state index in [0.29, 0.717) is 23.7 Å². The first kappa shape index (κ1) is 36.9. The predicted molar refractivity (Wildman–Crippen MR) is 165 cm³/mol. The van der Waals surface area contributed by atoms with Gasteiger partial charge in [-0.05, 0) is 13.0 Å². The minimum Gasteiger partial charge on any atom is -0.379 e. The van der Waals surface area contributed by atoms with Crippen molar-refractivity contribution in [3.8, 4) is 0 Å². The van der Waals surface area contributed by atoms with Crippen LogP contribution in [-0.4, -0.2) is 119 Å². The second-order valence-corrected chi connectivity index (χ2v) is 18.5. The fourth-order valence-corrected chi connectivity index (χ4v) is 5.89. The van der Waals surface area contributed by atoms with Crippen LogP contribution in [0.25, 0.3) is 0 Å². The molecular formula is C28H39F6N9O4Si. The Morgan fingerprint density at radius 2 is 1.56 bits per heavy atom. The highest BCUT2D eigenvalue weighted by Crippen LogP contribution is 2.32. The van der Waals surface area contributed by atoms with E-state index in [4.69, 9.17) is 4.74 Å². The lowest BCUT2D eigenvalue weighted by Gasteiger charge is -2.35. The normalized spacial score (nSPS) is 16.9. The summed E-state index contributed by atoms with van der Waals surface area (Å²) < 4.78 is 86.3. The number of hydrogen-bond donors (Lipinski definition) is 1. The highest BCUT2D eigenvalue weighted by atomic mass is 28.3. The molecule has 1 atom stereocenters. The third-order valence-corrected chi connectivity index (χ3v) is 9.53. The Labute approximate surface area is 273 Å². The molecular weight excluding hydrogens is 668 g/mol. The van der Waals surface area contributed by atoms with E-state index < -0.39 is 61.6 Å². The van der Waals surface area contributed by atoms with Crippen LogP contribution in [0.1, 0.15) is 18.1 Å². The molecule has 2 aromatic heterocycles. The summed E-state index contributed by atoms with van der Waals surface area (Å²) >= 11 is 0. The molecule has 0 spiro atoms. The Morgan fingerprint density at radius 1 is 0.938 bits per heavy atom. The summed E-state index contributed by atoms with van der Waals surface area (Å²) in [7, 11) is -1.44. The van der Waals surface area contributed by atoms with E-state index in [2.05, 4.69) is 40.0 Å². The molecule has 2 aliphatic heterocycles. The van der Waals surface area contributed by atoms with E-state index in [1.807, 2.05) is 0 Å². The molecule has 1 N–H and O–H groups in total. The van der Waals surface area contributed by atoms with Gasteiger partial charge in [0.1, 0.15) is 18.8 Å². The Hall–Kier alpha value is -3.94. The monoisotopic (exact) mass is 707 g/mol. The zero-order chi connectivity index (χ0) is 35.4. The molecule has 0 radical (unpaired) electrons. The van der Waals surface area contributed by atoms with Gasteiger partial charge in [-0.15, -0.1) is 0 Å². The highest BCUT2D eigenvalue weighted by Gasteiger charge is 2.39. The molecule has 2 aromatic rings. The molecule has 48 heavy (non-hydrogen) atoms. The largest absolute Gasteiger partial charge is 0.423 e. The number of ether oxygens (including phenoxy) is 1. The predicted octanol–water partition coefficient (Wildman–Crippen LogP) is 3.27. The van der Waals surface area contributed by atoms with Crippen molar-refractivity contribution >= 4 is 31.6 Å². The van der Waals surface area contributed by atoms with E-state index in [1.54, 1.807) is 11.8 Å². The van der Waals surface area contributed by atoms with Crippen molar-refractivity contribution in [1.82, 2.24) is 34.4 Å². The van der Waals surface area contributed by atoms with Gasteiger partial charge in [0.05, 0.1) is 17.4 Å². The molecule has 2 saturated heterocycles. The summed E-state index contributed by atoms with van der Waals surface area (Å²) in [5.41, 5.74) is -4.24. The lowest BCUT2D eigenvalue weighted by Crippen LogP contribution is -2.52. The maximum atomic E-state index is 14.0. The van der Waals surface area contributed by atoms with Gasteiger partial charge in [-0.2, -0.15) is 31.4 Å². The summed E-state index contributed by atoms with van der Waals surface area (Å²) in [6.45, 7) is 9.10. The van der Waals surface area contributed by atoms with Crippen LogP contribution < -0.4 is 15.8 Å². The topological polar surface area (TPSA) is 129 Å². The van der Waals surface area contributed by atoms with Gasteiger partial charge in [-0.25, -0.2) is 19.4 Å². The first-order valence-electron chi connectivity index (χ1n) is 15.3. The quantitative estimate of drug-likeness (QED) is 0.201. The number of anilines is 2. The van der Waals surface area contributed by atoms with Crippen LogP contribution in [0.4, 0.5) is 42.8 Å². The number of rotatable bonds is 12. The van der Waals surface area contributed by atoms with Crippen LogP contribution in [0.3, 0.4) is 0 Å². The second kappa shape index (κ2) is 14.7. The first-order chi connectivity index (χ1) is 22.3. The standard InChI is InChI=1S/C28H39F6N9O4Si/c1-19(38-21-15-37-43(18-47-11-12-48(2,3)4)24(45)23(21)28(32,33)34)16-41-9-10-42(26(41)46)17-22(44)39-5-7-40(8-6-39)25-35-13-20(14-36-25)27(29,30)31/h13-15,19,38H,5-12,16-18H2,1-4H3. The summed E-state index contributed by atoms with van der Waals surface area (Å²) in [5.74, 6) is -0.209. The molecule has 20 heteroatoms. The van der Waals surface area contributed by atoms with E-state index in [-0.39, 0.29) is 64.2 Å². The van der Waals surface area contributed by atoms with Gasteiger partial charge in [-0.3, -0.25) is 9.59 Å². The number of piperazine rings is 1. The number of nitrogens with zero attached hydrogens (tertiary/aromatic N) is 8. The smallest absolute Gasteiger partial charge is 0.379 e. The lowest BCUT2D eigenvalue weighted by atomic mass is 10.2. The van der Waals surface area contributed by atoms with Gasteiger partial charge in [0.2, 0.25) is 11.9 Å². The van der Waals surface area contributed by atoms with Crippen molar-refractivity contribution in [2.75, 3.05) is 69.2 Å². The molecule has 2 fully saturated rings. The average Bonchev–Trinajstić information content (AvgIpc) is 3.32. The fraction of sp³-hybridized carbons (Fsp3) is 0.643. The van der Waals surface area contributed by atoms with Crippen molar-refractivity contribution in [1.29, 1.82) is 0 Å². The van der Waals surface area contributed by atoms with Gasteiger partial charge < -0.3 is 29.7 Å². The number of nitrogens with one attached hydrogen (secondary N) is 1. The summed E-state index contributed by atoms with van der Waals surface area (Å²) in [6, 6.07) is -0.405. The van der Waals surface area contributed by atoms with E-state index in [1.165, 1.54) is 14.7 Å². The third kappa shape index (κ3) is 9.57. The van der Waals surface area contributed by atoms with Crippen molar-refractivity contribution < 1.29 is 40.7 Å². The number of amides is 3. The maximum absolute atomic E-state index is 14.0. The van der Waals surface area contributed by atoms with E-state index >= 15 is 0 Å². The molecule has 0 saturated carbocycles. The average molecular weight is 708 g/mol. The fourth-order valence-electron chi connectivity index (χ4n) is 5.13. The Bertz CT molecular complexity index is 1490. The number of alkyl halides is 6. The van der Waals surface area contributed by atoms with Gasteiger partial charge in [-0.1, -0.05) is 19.6 Å². The number of carbonyl (C=O) groups is 2. The van der Waals surface area contributed by atoms with Crippen LogP contribution in [-0.2, 0) is 28.6 Å². The van der Waals surface area contributed by atoms with Crippen LogP contribution in [0.15, 0.2) is 23.4 Å². The van der Waals surface area contributed by atoms with Crippen molar-refractivity contribution in [2.24, 2.45) is 0 Å². The van der Waals surface area contributed by atoms with E-state index in [9.17, 15) is 40.7 Å². The lowest BCUT2D eigenvalue weighted by molar-refractivity contribution is -0.139. The molecule has 3 amide bonds. The molecule has 0 bridgehead atoms. The number of aromatic nitrogens is 4. The summed E-state index contributed by atoms with van der Waals surface area (Å²) in [4.78, 5) is 52.2. The molecule has 0 aromatic carbocycles. The zero-order valence-electron chi connectivity index (χ0n) is 27.1. The van der Waals surface area contributed by atoms with Gasteiger partial charge in [0.15, 0.2) is 0 Å². The highest BCUT2D eigenvalue weighted by molar-refractivity contribution is 6.76. The molecule has 266 valence electrons. The van der Waals surface area contributed by atoms with Crippen LogP contribution >= 0.6 is 0 Å². The maximum Gasteiger partial charge on any atom is 0.423 e. The van der Waals surface area contributed by atoms with Gasteiger partial charge in [0, 0.05) is 78.9 Å². The van der Waals surface area contributed by atoms with E-state index in [0.717, 1.165) is 12.2 Å². The summed E-state index contributed by atoms with van der Waals surface area (Å²) in [5, 5.41) is 6.52. The Kier molecular flexibility index (Phi) is 11.3. The molecule has 0 aliphatic carbocycles. The Balaban J connectivity index is 1.28. The second-order valence-electron chi connectivity index (χ2n) is 12.9. The van der Waals surface area contributed by atoms with Gasteiger partial charge >= 0.3 is 18.4 Å². The SMILES string of the molecule is CC(CN1CCN(CC(=O)N2CCN(c3ncc(C(F)(F)F)cn3)CC2)C1=O)Nc1cnn(COCC[Si](C)(C)C)c(=O)c1C(F)(F)F. The summed E-state index contributed by atoms with van der Waals surface area (Å²) in [6.07, 6.45) is -7.20. The van der Waals surface area contributed by atoms with Crippen LogP contribution in [0.5, 0.6) is 0 Å². The first-order valence-corrected chi connectivity index (χ1v) is 19.0. The van der Waals surface area contributed by atoms with Crippen molar-refractivity contribution in [3.63, 3.8) is 0 Å². The van der Waals surface area contributed by atoms with Crippen LogP contribution in [0, 0.1) is 0 Å². The van der Waals surface area contributed by atoms with Crippen LogP contribution in [0.2, 0.25) is 25.7 Å². The Morgan fingerprint density at radius 3 is 2.15 bits per heavy atom. The minimum absolute atomic E-state index is 0.00445. The molecule has 4 rings (SSSR count). The number of halogens is 6.